The molecule has 0 atom stereocenters. The fourth-order valence-electron chi connectivity index (χ4n) is 3.37. The molecule has 9 heteroatoms. The molecular weight excluding hydrogens is 427 g/mol. The van der Waals surface area contributed by atoms with Gasteiger partial charge in [-0.2, -0.15) is 13.2 Å². The number of rotatable bonds is 4. The van der Waals surface area contributed by atoms with Crippen LogP contribution in [0.2, 0.25) is 0 Å². The second kappa shape index (κ2) is 8.14. The molecule has 0 radical (unpaired) electrons. The molecule has 2 amide bonds. The highest BCUT2D eigenvalue weighted by atomic mass is 32.1. The van der Waals surface area contributed by atoms with E-state index in [1.165, 1.54) is 12.1 Å². The molecule has 3 aromatic rings. The summed E-state index contributed by atoms with van der Waals surface area (Å²) in [7, 11) is 0. The quantitative estimate of drug-likeness (QED) is 0.576. The predicted octanol–water partition coefficient (Wildman–Crippen LogP) is 5.52. The van der Waals surface area contributed by atoms with E-state index in [-0.39, 0.29) is 11.8 Å². The van der Waals surface area contributed by atoms with Gasteiger partial charge in [0.05, 0.1) is 11.3 Å². The van der Waals surface area contributed by atoms with E-state index in [1.807, 2.05) is 0 Å². The van der Waals surface area contributed by atoms with Gasteiger partial charge in [0.15, 0.2) is 0 Å². The Hall–Kier alpha value is -3.20. The second-order valence-corrected chi connectivity index (χ2v) is 8.16. The Morgan fingerprint density at radius 2 is 1.77 bits per heavy atom. The summed E-state index contributed by atoms with van der Waals surface area (Å²) in [6.45, 7) is 2.37. The third-order valence-corrected chi connectivity index (χ3v) is 6.18. The minimum atomic E-state index is -4.40. The maximum atomic E-state index is 12.7. The van der Waals surface area contributed by atoms with Crippen LogP contribution in [-0.2, 0) is 11.0 Å². The van der Waals surface area contributed by atoms with Gasteiger partial charge in [0.25, 0.3) is 5.91 Å². The van der Waals surface area contributed by atoms with Crippen molar-refractivity contribution < 1.29 is 22.8 Å². The molecule has 1 aromatic heterocycles. The number of anilines is 2. The number of amides is 2. The molecule has 160 valence electrons. The summed E-state index contributed by atoms with van der Waals surface area (Å²) in [4.78, 5) is 31.0. The van der Waals surface area contributed by atoms with Crippen molar-refractivity contribution in [3.63, 3.8) is 0 Å². The molecule has 2 aromatic carbocycles. The zero-order chi connectivity index (χ0) is 22.2. The molecular formula is C22H18F3N3O2S. The number of halogens is 3. The SMILES string of the molecule is Cc1nc(-c2ccc(C(F)(F)F)cc2)sc1C(=O)Nc1ccc(N2CCCC2=O)cc1. The minimum Gasteiger partial charge on any atom is -0.321 e. The summed E-state index contributed by atoms with van der Waals surface area (Å²) >= 11 is 1.12. The van der Waals surface area contributed by atoms with Gasteiger partial charge < -0.3 is 10.2 Å². The Morgan fingerprint density at radius 3 is 2.35 bits per heavy atom. The Balaban J connectivity index is 1.48. The largest absolute Gasteiger partial charge is 0.416 e. The summed E-state index contributed by atoms with van der Waals surface area (Å²) in [5, 5.41) is 3.27. The molecule has 1 aliphatic rings. The van der Waals surface area contributed by atoms with Crippen LogP contribution in [0.25, 0.3) is 10.6 Å². The van der Waals surface area contributed by atoms with E-state index < -0.39 is 11.7 Å². The number of nitrogens with one attached hydrogen (secondary N) is 1. The standard InChI is InChI=1S/C22H18F3N3O2S/c1-13-19(31-21(26-13)14-4-6-15(7-5-14)22(23,24)25)20(30)27-16-8-10-17(11-9-16)28-12-2-3-18(28)29/h4-11H,2-3,12H2,1H3,(H,27,30). The fraction of sp³-hybridized carbons (Fsp3) is 0.227. The first kappa shape index (κ1) is 21.0. The van der Waals surface area contributed by atoms with Crippen LogP contribution >= 0.6 is 11.3 Å². The van der Waals surface area contributed by atoms with E-state index in [1.54, 1.807) is 36.1 Å². The van der Waals surface area contributed by atoms with Gasteiger partial charge in [-0.3, -0.25) is 9.59 Å². The summed E-state index contributed by atoms with van der Waals surface area (Å²) in [6.07, 6.45) is -3.02. The molecule has 0 spiro atoms. The number of carbonyl (C=O) groups is 2. The molecule has 0 aliphatic carbocycles. The predicted molar refractivity (Wildman–Crippen MR) is 113 cm³/mol. The number of nitrogens with zero attached hydrogens (tertiary/aromatic N) is 2. The highest BCUT2D eigenvalue weighted by Crippen LogP contribution is 2.33. The first-order valence-electron chi connectivity index (χ1n) is 9.59. The van der Waals surface area contributed by atoms with Gasteiger partial charge in [0.1, 0.15) is 9.88 Å². The lowest BCUT2D eigenvalue weighted by Crippen LogP contribution is -2.23. The summed E-state index contributed by atoms with van der Waals surface area (Å²) < 4.78 is 38.2. The number of aryl methyl sites for hydroxylation is 1. The van der Waals surface area contributed by atoms with Crippen molar-refractivity contribution in [1.29, 1.82) is 0 Å². The number of hydrogen-bond acceptors (Lipinski definition) is 4. The normalized spacial score (nSPS) is 14.2. The van der Waals surface area contributed by atoms with Gasteiger partial charge >= 0.3 is 6.18 Å². The van der Waals surface area contributed by atoms with E-state index in [9.17, 15) is 22.8 Å². The van der Waals surface area contributed by atoms with E-state index in [0.29, 0.717) is 39.8 Å². The van der Waals surface area contributed by atoms with Gasteiger partial charge in [0, 0.05) is 29.9 Å². The van der Waals surface area contributed by atoms with Crippen molar-refractivity contribution in [2.45, 2.75) is 25.9 Å². The number of alkyl halides is 3. The highest BCUT2D eigenvalue weighted by molar-refractivity contribution is 7.17. The lowest BCUT2D eigenvalue weighted by molar-refractivity contribution is -0.137. The Kier molecular flexibility index (Phi) is 5.53. The third kappa shape index (κ3) is 4.46. The number of benzene rings is 2. The third-order valence-electron chi connectivity index (χ3n) is 4.97. The fourth-order valence-corrected chi connectivity index (χ4v) is 4.33. The maximum absolute atomic E-state index is 12.7. The van der Waals surface area contributed by atoms with Crippen LogP contribution in [0.15, 0.2) is 48.5 Å². The molecule has 1 saturated heterocycles. The monoisotopic (exact) mass is 445 g/mol. The Bertz CT molecular complexity index is 1120. The first-order valence-corrected chi connectivity index (χ1v) is 10.4. The van der Waals surface area contributed by atoms with Crippen LogP contribution in [0.4, 0.5) is 24.5 Å². The molecule has 1 fully saturated rings. The smallest absolute Gasteiger partial charge is 0.321 e. The average molecular weight is 445 g/mol. The second-order valence-electron chi connectivity index (χ2n) is 7.16. The number of carbonyl (C=O) groups excluding carboxylic acids is 2. The summed E-state index contributed by atoms with van der Waals surface area (Å²) in [5.41, 5.74) is 1.64. The van der Waals surface area contributed by atoms with Crippen LogP contribution in [0.1, 0.15) is 33.8 Å². The first-order chi connectivity index (χ1) is 14.7. The number of hydrogen-bond donors (Lipinski definition) is 1. The Morgan fingerprint density at radius 1 is 1.10 bits per heavy atom. The molecule has 31 heavy (non-hydrogen) atoms. The molecule has 0 bridgehead atoms. The van der Waals surface area contributed by atoms with Crippen molar-refractivity contribution in [3.05, 3.63) is 64.7 Å². The van der Waals surface area contributed by atoms with Crippen LogP contribution < -0.4 is 10.2 Å². The van der Waals surface area contributed by atoms with E-state index in [4.69, 9.17) is 0 Å². The number of thiazole rings is 1. The van der Waals surface area contributed by atoms with Crippen LogP contribution in [0.3, 0.4) is 0 Å². The summed E-state index contributed by atoms with van der Waals surface area (Å²) in [6, 6.07) is 11.7. The topological polar surface area (TPSA) is 62.3 Å². The molecule has 0 unspecified atom stereocenters. The molecule has 4 rings (SSSR count). The van der Waals surface area contributed by atoms with E-state index >= 15 is 0 Å². The maximum Gasteiger partial charge on any atom is 0.416 e. The van der Waals surface area contributed by atoms with Crippen LogP contribution in [-0.4, -0.2) is 23.3 Å². The lowest BCUT2D eigenvalue weighted by atomic mass is 10.1. The molecule has 0 saturated carbocycles. The highest BCUT2D eigenvalue weighted by Gasteiger charge is 2.30. The van der Waals surface area contributed by atoms with Crippen molar-refractivity contribution in [1.82, 2.24) is 4.98 Å². The molecule has 1 aliphatic heterocycles. The van der Waals surface area contributed by atoms with Gasteiger partial charge in [0.2, 0.25) is 5.91 Å². The van der Waals surface area contributed by atoms with Crippen LogP contribution in [0, 0.1) is 6.92 Å². The van der Waals surface area contributed by atoms with E-state index in [2.05, 4.69) is 10.3 Å². The zero-order valence-electron chi connectivity index (χ0n) is 16.5. The van der Waals surface area contributed by atoms with Gasteiger partial charge in [-0.25, -0.2) is 4.98 Å². The van der Waals surface area contributed by atoms with Crippen LogP contribution in [0.5, 0.6) is 0 Å². The van der Waals surface area contributed by atoms with Crippen molar-refractivity contribution in [2.24, 2.45) is 0 Å². The minimum absolute atomic E-state index is 0.0906. The molecule has 2 heterocycles. The molecule has 1 N–H and O–H groups in total. The average Bonchev–Trinajstić information content (AvgIpc) is 3.34. The van der Waals surface area contributed by atoms with Gasteiger partial charge in [-0.15, -0.1) is 11.3 Å². The van der Waals surface area contributed by atoms with Gasteiger partial charge in [-0.05, 0) is 49.7 Å². The summed E-state index contributed by atoms with van der Waals surface area (Å²) in [5.74, 6) is -0.258. The Labute approximate surface area is 180 Å². The van der Waals surface area contributed by atoms with E-state index in [0.717, 1.165) is 35.6 Å². The molecule has 5 nitrogen and oxygen atoms in total. The van der Waals surface area contributed by atoms with Crippen molar-refractivity contribution in [2.75, 3.05) is 16.8 Å². The van der Waals surface area contributed by atoms with Crippen molar-refractivity contribution in [3.8, 4) is 10.6 Å². The zero-order valence-corrected chi connectivity index (χ0v) is 17.3. The lowest BCUT2D eigenvalue weighted by Gasteiger charge is -2.16. The van der Waals surface area contributed by atoms with Crippen molar-refractivity contribution >= 4 is 34.5 Å². The number of aromatic nitrogens is 1. The van der Waals surface area contributed by atoms with Gasteiger partial charge in [-0.1, -0.05) is 12.1 Å².